The van der Waals surface area contributed by atoms with E-state index in [1.807, 2.05) is 6.07 Å². The zero-order chi connectivity index (χ0) is 11.0. The van der Waals surface area contributed by atoms with E-state index in [9.17, 15) is 0 Å². The van der Waals surface area contributed by atoms with E-state index >= 15 is 0 Å². The number of hydrogen-bond donors (Lipinski definition) is 1. The zero-order valence-electron chi connectivity index (χ0n) is 9.32. The standard InChI is InChI=1S/C13H17NO2/c14-6-5-11(9-1-2-9)10-3-4-12-13(7-10)16-8-15-12/h3-4,7,9,11H,1-2,5-6,8,14H2. The monoisotopic (exact) mass is 219 g/mol. The lowest BCUT2D eigenvalue weighted by Gasteiger charge is -2.16. The molecule has 1 heterocycles. The maximum Gasteiger partial charge on any atom is 0.231 e. The summed E-state index contributed by atoms with van der Waals surface area (Å²) in [6.07, 6.45) is 3.77. The Balaban J connectivity index is 1.86. The van der Waals surface area contributed by atoms with Crippen molar-refractivity contribution < 1.29 is 9.47 Å². The van der Waals surface area contributed by atoms with Crippen LogP contribution in [-0.2, 0) is 0 Å². The van der Waals surface area contributed by atoms with Gasteiger partial charge in [-0.25, -0.2) is 0 Å². The average molecular weight is 219 g/mol. The van der Waals surface area contributed by atoms with Crippen molar-refractivity contribution in [1.29, 1.82) is 0 Å². The molecule has 3 nitrogen and oxygen atoms in total. The molecule has 1 aromatic carbocycles. The van der Waals surface area contributed by atoms with E-state index in [-0.39, 0.29) is 0 Å². The minimum atomic E-state index is 0.351. The van der Waals surface area contributed by atoms with Crippen molar-refractivity contribution in [3.63, 3.8) is 0 Å². The van der Waals surface area contributed by atoms with E-state index in [1.165, 1.54) is 18.4 Å². The van der Waals surface area contributed by atoms with Crippen LogP contribution in [0.15, 0.2) is 18.2 Å². The summed E-state index contributed by atoms with van der Waals surface area (Å²) < 4.78 is 10.7. The Labute approximate surface area is 95.5 Å². The molecule has 0 spiro atoms. The summed E-state index contributed by atoms with van der Waals surface area (Å²) in [5.41, 5.74) is 7.05. The zero-order valence-corrected chi connectivity index (χ0v) is 9.32. The third kappa shape index (κ3) is 1.76. The van der Waals surface area contributed by atoms with E-state index in [0.29, 0.717) is 12.7 Å². The lowest BCUT2D eigenvalue weighted by Crippen LogP contribution is -2.09. The van der Waals surface area contributed by atoms with Gasteiger partial charge in [-0.3, -0.25) is 0 Å². The van der Waals surface area contributed by atoms with Gasteiger partial charge < -0.3 is 15.2 Å². The van der Waals surface area contributed by atoms with Crippen molar-refractivity contribution in [2.75, 3.05) is 13.3 Å². The van der Waals surface area contributed by atoms with E-state index in [2.05, 4.69) is 12.1 Å². The third-order valence-corrected chi connectivity index (χ3v) is 3.49. The topological polar surface area (TPSA) is 44.5 Å². The predicted octanol–water partition coefficient (Wildman–Crippen LogP) is 2.26. The molecule has 2 aliphatic rings. The molecule has 1 aliphatic heterocycles. The normalized spacial score (nSPS) is 19.8. The van der Waals surface area contributed by atoms with Crippen LogP contribution in [0.1, 0.15) is 30.7 Å². The fourth-order valence-corrected chi connectivity index (χ4v) is 2.50. The van der Waals surface area contributed by atoms with Gasteiger partial charge in [0.05, 0.1) is 0 Å². The summed E-state index contributed by atoms with van der Waals surface area (Å²) in [6.45, 7) is 1.11. The molecule has 1 atom stereocenters. The van der Waals surface area contributed by atoms with Gasteiger partial charge in [-0.1, -0.05) is 6.07 Å². The van der Waals surface area contributed by atoms with Gasteiger partial charge in [-0.2, -0.15) is 0 Å². The van der Waals surface area contributed by atoms with Crippen LogP contribution < -0.4 is 15.2 Å². The highest BCUT2D eigenvalue weighted by atomic mass is 16.7. The van der Waals surface area contributed by atoms with Crippen LogP contribution in [0.2, 0.25) is 0 Å². The van der Waals surface area contributed by atoms with Crippen LogP contribution in [0.3, 0.4) is 0 Å². The predicted molar refractivity (Wildman–Crippen MR) is 61.7 cm³/mol. The van der Waals surface area contributed by atoms with Crippen molar-refractivity contribution in [1.82, 2.24) is 0 Å². The Kier molecular flexibility index (Phi) is 2.48. The molecule has 1 fully saturated rings. The number of nitrogens with two attached hydrogens (primary N) is 1. The highest BCUT2D eigenvalue weighted by molar-refractivity contribution is 5.45. The van der Waals surface area contributed by atoms with Crippen molar-refractivity contribution in [3.05, 3.63) is 23.8 Å². The quantitative estimate of drug-likeness (QED) is 0.844. The SMILES string of the molecule is NCCC(c1ccc2c(c1)OCO2)C1CC1. The molecule has 2 N–H and O–H groups in total. The van der Waals surface area contributed by atoms with Gasteiger partial charge in [-0.15, -0.1) is 0 Å². The van der Waals surface area contributed by atoms with Gasteiger partial charge >= 0.3 is 0 Å². The molecule has 16 heavy (non-hydrogen) atoms. The third-order valence-electron chi connectivity index (χ3n) is 3.49. The number of rotatable bonds is 4. The van der Waals surface area contributed by atoms with Gasteiger partial charge in [0, 0.05) is 0 Å². The molecular weight excluding hydrogens is 202 g/mol. The summed E-state index contributed by atoms with van der Waals surface area (Å²) in [6, 6.07) is 6.30. The Bertz CT molecular complexity index is 388. The van der Waals surface area contributed by atoms with E-state index in [1.54, 1.807) is 0 Å². The molecule has 1 aliphatic carbocycles. The van der Waals surface area contributed by atoms with Gasteiger partial charge in [0.15, 0.2) is 11.5 Å². The first-order chi connectivity index (χ1) is 7.88. The maximum atomic E-state index is 5.69. The average Bonchev–Trinajstić information content (AvgIpc) is 3.03. The second-order valence-corrected chi connectivity index (χ2v) is 4.63. The molecule has 0 saturated heterocycles. The maximum absolute atomic E-state index is 5.69. The number of ether oxygens (including phenoxy) is 2. The van der Waals surface area contributed by atoms with E-state index in [4.69, 9.17) is 15.2 Å². The molecule has 0 amide bonds. The first-order valence-electron chi connectivity index (χ1n) is 5.98. The highest BCUT2D eigenvalue weighted by Crippen LogP contribution is 2.46. The van der Waals surface area contributed by atoms with Crippen LogP contribution in [-0.4, -0.2) is 13.3 Å². The van der Waals surface area contributed by atoms with E-state index in [0.717, 1.165) is 30.4 Å². The summed E-state index contributed by atoms with van der Waals surface area (Å²) >= 11 is 0. The molecule has 1 unspecified atom stereocenters. The lowest BCUT2D eigenvalue weighted by molar-refractivity contribution is 0.174. The first-order valence-corrected chi connectivity index (χ1v) is 5.98. The van der Waals surface area contributed by atoms with Gasteiger partial charge in [0.1, 0.15) is 0 Å². The fraction of sp³-hybridized carbons (Fsp3) is 0.538. The number of hydrogen-bond acceptors (Lipinski definition) is 3. The molecule has 0 aromatic heterocycles. The Morgan fingerprint density at radius 3 is 2.81 bits per heavy atom. The van der Waals surface area contributed by atoms with E-state index < -0.39 is 0 Å². The van der Waals surface area contributed by atoms with Crippen LogP contribution in [0.5, 0.6) is 11.5 Å². The van der Waals surface area contributed by atoms with Crippen LogP contribution >= 0.6 is 0 Å². The molecule has 0 bridgehead atoms. The van der Waals surface area contributed by atoms with Gasteiger partial charge in [0.2, 0.25) is 6.79 Å². The molecule has 3 heteroatoms. The van der Waals surface area contributed by atoms with Crippen LogP contribution in [0, 0.1) is 5.92 Å². The second-order valence-electron chi connectivity index (χ2n) is 4.63. The van der Waals surface area contributed by atoms with Crippen molar-refractivity contribution in [2.24, 2.45) is 11.7 Å². The highest BCUT2D eigenvalue weighted by Gasteiger charge is 2.32. The molecule has 86 valence electrons. The first kappa shape index (κ1) is 9.97. The second kappa shape index (κ2) is 3.98. The largest absolute Gasteiger partial charge is 0.454 e. The molecule has 0 radical (unpaired) electrons. The molecule has 3 rings (SSSR count). The molecule has 1 aromatic rings. The summed E-state index contributed by atoms with van der Waals surface area (Å²) in [4.78, 5) is 0. The molecule has 1 saturated carbocycles. The van der Waals surface area contributed by atoms with Crippen LogP contribution in [0.25, 0.3) is 0 Å². The minimum absolute atomic E-state index is 0.351. The van der Waals surface area contributed by atoms with Crippen molar-refractivity contribution >= 4 is 0 Å². The van der Waals surface area contributed by atoms with Crippen molar-refractivity contribution in [3.8, 4) is 11.5 Å². The minimum Gasteiger partial charge on any atom is -0.454 e. The summed E-state index contributed by atoms with van der Waals surface area (Å²) in [7, 11) is 0. The summed E-state index contributed by atoms with van der Waals surface area (Å²) in [5.74, 6) is 3.20. The Hall–Kier alpha value is -1.22. The Morgan fingerprint density at radius 1 is 1.25 bits per heavy atom. The lowest BCUT2D eigenvalue weighted by atomic mass is 9.91. The summed E-state index contributed by atoms with van der Waals surface area (Å²) in [5, 5.41) is 0. The number of benzene rings is 1. The van der Waals surface area contributed by atoms with Crippen molar-refractivity contribution in [2.45, 2.75) is 25.2 Å². The van der Waals surface area contributed by atoms with Crippen LogP contribution in [0.4, 0.5) is 0 Å². The number of fused-ring (bicyclic) bond motifs is 1. The van der Waals surface area contributed by atoms with Gasteiger partial charge in [0.25, 0.3) is 0 Å². The Morgan fingerprint density at radius 2 is 2.06 bits per heavy atom. The molecular formula is C13H17NO2. The smallest absolute Gasteiger partial charge is 0.231 e. The van der Waals surface area contributed by atoms with Gasteiger partial charge in [-0.05, 0) is 55.3 Å². The fourth-order valence-electron chi connectivity index (χ4n) is 2.50.